The average Bonchev–Trinajstić information content (AvgIpc) is 3.41. The number of anilines is 2. The van der Waals surface area contributed by atoms with Crippen LogP contribution in [0.3, 0.4) is 0 Å². The summed E-state index contributed by atoms with van der Waals surface area (Å²) in [6, 6.07) is 8.26. The van der Waals surface area contributed by atoms with E-state index in [1.807, 2.05) is 30.6 Å². The molecule has 136 valence electrons. The highest BCUT2D eigenvalue weighted by Crippen LogP contribution is 2.40. The summed E-state index contributed by atoms with van der Waals surface area (Å²) in [6.07, 6.45) is 7.99. The lowest BCUT2D eigenvalue weighted by atomic mass is 10.2. The molecule has 5 nitrogen and oxygen atoms in total. The van der Waals surface area contributed by atoms with E-state index in [1.54, 1.807) is 18.9 Å². The smallest absolute Gasteiger partial charge is 0.145 e. The Bertz CT molecular complexity index is 717. The first-order valence-electron chi connectivity index (χ1n) is 8.42. The van der Waals surface area contributed by atoms with Crippen molar-refractivity contribution in [1.29, 1.82) is 0 Å². The van der Waals surface area contributed by atoms with Crippen molar-refractivity contribution < 1.29 is 7.59 Å². The van der Waals surface area contributed by atoms with Crippen LogP contribution < -0.4 is 10.6 Å². The van der Waals surface area contributed by atoms with Gasteiger partial charge < -0.3 is 15.4 Å². The van der Waals surface area contributed by atoms with Gasteiger partial charge in [-0.25, -0.2) is 4.99 Å². The lowest BCUT2D eigenvalue weighted by Gasteiger charge is -2.16. The van der Waals surface area contributed by atoms with E-state index >= 15 is 0 Å². The molecule has 6 heteroatoms. The minimum Gasteiger partial charge on any atom is -0.384 e. The molecule has 3 rings (SSSR count). The van der Waals surface area contributed by atoms with Crippen LogP contribution in [0, 0.1) is 0 Å². The summed E-state index contributed by atoms with van der Waals surface area (Å²) in [5.74, 6) is 1.69. The van der Waals surface area contributed by atoms with E-state index in [1.165, 1.54) is 0 Å². The van der Waals surface area contributed by atoms with Crippen LogP contribution in [-0.2, 0) is 4.74 Å². The molecule has 0 atom stereocenters. The SMILES string of the molecule is C=CC1(Nc2cccc(NC3=C(SCCOC)C=NCC=N3)c2)CC1.[HH].[HH]. The predicted octanol–water partition coefficient (Wildman–Crippen LogP) is 4.42. The first kappa shape index (κ1) is 17.8. The third-order valence-corrected chi connectivity index (χ3v) is 5.07. The maximum atomic E-state index is 5.13. The second-order valence-corrected chi connectivity index (χ2v) is 7.19. The van der Waals surface area contributed by atoms with Crippen molar-refractivity contribution in [1.82, 2.24) is 0 Å². The van der Waals surface area contributed by atoms with Gasteiger partial charge in [-0.1, -0.05) is 12.1 Å². The van der Waals surface area contributed by atoms with Crippen molar-refractivity contribution in [3.8, 4) is 0 Å². The van der Waals surface area contributed by atoms with Gasteiger partial charge in [0, 0.05) is 39.5 Å². The Labute approximate surface area is 156 Å². The number of nitrogens with one attached hydrogen (secondary N) is 2. The van der Waals surface area contributed by atoms with Crippen LogP contribution >= 0.6 is 11.8 Å². The maximum absolute atomic E-state index is 5.13. The molecule has 1 aliphatic heterocycles. The number of aliphatic imine (C=N–C) groups is 2. The standard InChI is InChI=1S/C19H24N4OS.2H2/c1-3-19(7-8-19)23-16-6-4-5-15(13-16)22-18-17(25-12-11-24-2)14-20-9-10-21-18;;/h3-6,10,13-14,22-23H,1,7-9,11-12H2,2H3;2*1H. The zero-order chi connectivity index (χ0) is 17.5. The van der Waals surface area contributed by atoms with Crippen LogP contribution in [0.25, 0.3) is 0 Å². The van der Waals surface area contributed by atoms with E-state index in [4.69, 9.17) is 4.74 Å². The number of allylic oxidation sites excluding steroid dienone is 1. The van der Waals surface area contributed by atoms with Crippen LogP contribution in [0.15, 0.2) is 57.6 Å². The Kier molecular flexibility index (Phi) is 5.94. The first-order valence-corrected chi connectivity index (χ1v) is 9.40. The van der Waals surface area contributed by atoms with Crippen molar-refractivity contribution in [3.63, 3.8) is 0 Å². The molecular weight excluding hydrogens is 332 g/mol. The largest absolute Gasteiger partial charge is 0.384 e. The van der Waals surface area contributed by atoms with Gasteiger partial charge >= 0.3 is 0 Å². The zero-order valence-corrected chi connectivity index (χ0v) is 15.3. The molecule has 2 N–H and O–H groups in total. The van der Waals surface area contributed by atoms with Gasteiger partial charge in [-0.05, 0) is 31.0 Å². The Morgan fingerprint density at radius 1 is 1.40 bits per heavy atom. The molecule has 1 aromatic rings. The minimum atomic E-state index is 0. The zero-order valence-electron chi connectivity index (χ0n) is 14.5. The molecule has 0 bridgehead atoms. The highest BCUT2D eigenvalue weighted by atomic mass is 32.2. The molecule has 1 heterocycles. The molecule has 0 spiro atoms. The van der Waals surface area contributed by atoms with Gasteiger partial charge in [0.2, 0.25) is 0 Å². The van der Waals surface area contributed by atoms with Crippen molar-refractivity contribution >= 4 is 35.6 Å². The van der Waals surface area contributed by atoms with Crippen LogP contribution in [0.4, 0.5) is 11.4 Å². The summed E-state index contributed by atoms with van der Waals surface area (Å²) >= 11 is 1.69. The molecule has 1 aliphatic carbocycles. The highest BCUT2D eigenvalue weighted by Gasteiger charge is 2.39. The van der Waals surface area contributed by atoms with Crippen molar-refractivity contribution in [2.45, 2.75) is 18.4 Å². The van der Waals surface area contributed by atoms with E-state index in [0.717, 1.165) is 40.7 Å². The van der Waals surface area contributed by atoms with E-state index in [-0.39, 0.29) is 8.39 Å². The number of thioether (sulfide) groups is 1. The Morgan fingerprint density at radius 3 is 3.00 bits per heavy atom. The average molecular weight is 361 g/mol. The molecule has 0 unspecified atom stereocenters. The Hall–Kier alpha value is -2.05. The third-order valence-electron chi connectivity index (χ3n) is 4.09. The Balaban J connectivity index is 0.00000182. The second-order valence-electron chi connectivity index (χ2n) is 6.05. The normalized spacial score (nSPS) is 18.0. The number of benzene rings is 1. The number of methoxy groups -OCH3 is 1. The fourth-order valence-electron chi connectivity index (χ4n) is 2.49. The molecule has 1 aromatic carbocycles. The molecule has 25 heavy (non-hydrogen) atoms. The van der Waals surface area contributed by atoms with E-state index in [9.17, 15) is 0 Å². The van der Waals surface area contributed by atoms with Crippen molar-refractivity contribution in [3.05, 3.63) is 47.6 Å². The molecule has 1 saturated carbocycles. The topological polar surface area (TPSA) is 58.0 Å². The van der Waals surface area contributed by atoms with Gasteiger partial charge in [0.25, 0.3) is 0 Å². The van der Waals surface area contributed by atoms with E-state index in [2.05, 4.69) is 39.3 Å². The fraction of sp³-hybridized carbons (Fsp3) is 0.368. The van der Waals surface area contributed by atoms with Crippen molar-refractivity contribution in [2.24, 2.45) is 9.98 Å². The van der Waals surface area contributed by atoms with Gasteiger partial charge in [-0.15, -0.1) is 18.3 Å². The van der Waals surface area contributed by atoms with Crippen LogP contribution in [0.5, 0.6) is 0 Å². The van der Waals surface area contributed by atoms with Gasteiger partial charge in [0.1, 0.15) is 5.82 Å². The number of nitrogens with zero attached hydrogens (tertiary/aromatic N) is 2. The van der Waals surface area contributed by atoms with Gasteiger partial charge in [-0.3, -0.25) is 4.99 Å². The molecule has 0 aromatic heterocycles. The minimum absolute atomic E-state index is 0. The predicted molar refractivity (Wildman–Crippen MR) is 113 cm³/mol. The fourth-order valence-corrected chi connectivity index (χ4v) is 3.35. The summed E-state index contributed by atoms with van der Waals surface area (Å²) in [5, 5.41) is 6.99. The molecule has 1 fully saturated rings. The molecule has 0 saturated heterocycles. The van der Waals surface area contributed by atoms with E-state index < -0.39 is 0 Å². The second kappa shape index (κ2) is 8.36. The number of ether oxygens (including phenoxy) is 1. The monoisotopic (exact) mass is 360 g/mol. The summed E-state index contributed by atoms with van der Waals surface area (Å²) < 4.78 is 5.13. The first-order chi connectivity index (χ1) is 12.2. The lowest BCUT2D eigenvalue weighted by Crippen LogP contribution is -2.17. The molecule has 2 aliphatic rings. The lowest BCUT2D eigenvalue weighted by molar-refractivity contribution is 0.219. The van der Waals surface area contributed by atoms with Crippen molar-refractivity contribution in [2.75, 3.05) is 36.6 Å². The number of hydrogen-bond acceptors (Lipinski definition) is 6. The maximum Gasteiger partial charge on any atom is 0.145 e. The number of rotatable bonds is 9. The van der Waals surface area contributed by atoms with Crippen LogP contribution in [0.1, 0.15) is 15.7 Å². The third kappa shape index (κ3) is 4.96. The summed E-state index contributed by atoms with van der Waals surface area (Å²) in [5.41, 5.74) is 2.16. The quantitative estimate of drug-likeness (QED) is 0.505. The van der Waals surface area contributed by atoms with Crippen LogP contribution in [0.2, 0.25) is 0 Å². The summed E-state index contributed by atoms with van der Waals surface area (Å²) in [7, 11) is 1.71. The Morgan fingerprint density at radius 2 is 2.24 bits per heavy atom. The molecule has 0 radical (unpaired) electrons. The summed E-state index contributed by atoms with van der Waals surface area (Å²) in [6.45, 7) is 5.23. The summed E-state index contributed by atoms with van der Waals surface area (Å²) in [4.78, 5) is 9.90. The molecular formula is C19H28N4OS. The van der Waals surface area contributed by atoms with Gasteiger partial charge in [0.05, 0.1) is 23.6 Å². The van der Waals surface area contributed by atoms with Gasteiger partial charge in [0.15, 0.2) is 0 Å². The van der Waals surface area contributed by atoms with Gasteiger partial charge in [-0.2, -0.15) is 0 Å². The number of hydrogen-bond donors (Lipinski definition) is 2. The van der Waals surface area contributed by atoms with Crippen LogP contribution in [-0.4, -0.2) is 44.0 Å². The molecule has 0 amide bonds. The van der Waals surface area contributed by atoms with E-state index in [0.29, 0.717) is 13.2 Å². The highest BCUT2D eigenvalue weighted by molar-refractivity contribution is 8.03.